The van der Waals surface area contributed by atoms with Gasteiger partial charge in [0.15, 0.2) is 5.11 Å². The van der Waals surface area contributed by atoms with Gasteiger partial charge in [0, 0.05) is 29.8 Å². The first kappa shape index (κ1) is 20.3. The number of pyridine rings is 1. The largest absolute Gasteiger partial charge is 0.351 e. The van der Waals surface area contributed by atoms with Gasteiger partial charge in [-0.15, -0.1) is 0 Å². The molecule has 1 N–H and O–H groups in total. The number of anilines is 1. The zero-order valence-electron chi connectivity index (χ0n) is 18.3. The second-order valence-electron chi connectivity index (χ2n) is 8.90. The Bertz CT molecular complexity index is 1070. The second-order valence-corrected chi connectivity index (χ2v) is 9.28. The van der Waals surface area contributed by atoms with Crippen LogP contribution in [0.1, 0.15) is 72.7 Å². The molecule has 1 aliphatic heterocycles. The van der Waals surface area contributed by atoms with E-state index in [0.29, 0.717) is 6.04 Å². The van der Waals surface area contributed by atoms with Crippen LogP contribution in [0.3, 0.4) is 0 Å². The highest BCUT2D eigenvalue weighted by molar-refractivity contribution is 7.80. The van der Waals surface area contributed by atoms with Gasteiger partial charge < -0.3 is 14.8 Å². The Balaban J connectivity index is 1.62. The summed E-state index contributed by atoms with van der Waals surface area (Å²) in [6.07, 6.45) is 10.6. The van der Waals surface area contributed by atoms with Crippen molar-refractivity contribution in [3.63, 3.8) is 0 Å². The quantitative estimate of drug-likeness (QED) is 0.501. The molecule has 2 unspecified atom stereocenters. The van der Waals surface area contributed by atoms with Crippen LogP contribution in [0.2, 0.25) is 0 Å². The zero-order chi connectivity index (χ0) is 21.4. The van der Waals surface area contributed by atoms with Gasteiger partial charge in [0.1, 0.15) is 6.04 Å². The number of hydrogen-bond acceptors (Lipinski definition) is 2. The molecule has 0 radical (unpaired) electrons. The third-order valence-electron chi connectivity index (χ3n) is 6.95. The molecule has 1 saturated carbocycles. The molecule has 3 heterocycles. The van der Waals surface area contributed by atoms with Crippen LogP contribution in [0.15, 0.2) is 60.9 Å². The maximum Gasteiger partial charge on any atom is 0.174 e. The molecule has 2 aliphatic rings. The van der Waals surface area contributed by atoms with E-state index in [2.05, 4.69) is 77.3 Å². The molecule has 0 bridgehead atoms. The summed E-state index contributed by atoms with van der Waals surface area (Å²) in [7, 11) is 0. The average molecular weight is 431 g/mol. The maximum absolute atomic E-state index is 5.90. The Morgan fingerprint density at radius 1 is 0.968 bits per heavy atom. The minimum Gasteiger partial charge on any atom is -0.351 e. The van der Waals surface area contributed by atoms with Gasteiger partial charge in [-0.3, -0.25) is 4.98 Å². The number of hydrogen-bond donors (Lipinski definition) is 1. The minimum absolute atomic E-state index is 0.00699. The first-order chi connectivity index (χ1) is 15.1. The molecule has 160 valence electrons. The lowest BCUT2D eigenvalue weighted by Gasteiger charge is -2.32. The maximum atomic E-state index is 5.90. The molecule has 1 saturated heterocycles. The van der Waals surface area contributed by atoms with Crippen molar-refractivity contribution in [2.45, 2.75) is 64.1 Å². The normalized spacial score (nSPS) is 22.0. The third-order valence-corrected chi connectivity index (χ3v) is 7.26. The van der Waals surface area contributed by atoms with E-state index in [1.807, 2.05) is 12.3 Å². The van der Waals surface area contributed by atoms with Gasteiger partial charge in [-0.1, -0.05) is 31.4 Å². The number of aryl methyl sites for hydroxylation is 2. The lowest BCUT2D eigenvalue weighted by atomic mass is 9.94. The number of benzene rings is 1. The molecule has 4 nitrogen and oxygen atoms in total. The third kappa shape index (κ3) is 3.76. The van der Waals surface area contributed by atoms with Gasteiger partial charge in [0.25, 0.3) is 0 Å². The number of rotatable bonds is 4. The molecular formula is C26H30N4S. The van der Waals surface area contributed by atoms with Gasteiger partial charge in [-0.05, 0) is 86.4 Å². The summed E-state index contributed by atoms with van der Waals surface area (Å²) in [5.41, 5.74) is 6.05. The predicted octanol–water partition coefficient (Wildman–Crippen LogP) is 6.18. The van der Waals surface area contributed by atoms with Gasteiger partial charge in [-0.2, -0.15) is 0 Å². The minimum atomic E-state index is 0.00699. The van der Waals surface area contributed by atoms with E-state index in [1.54, 1.807) is 0 Å². The molecule has 2 fully saturated rings. The molecule has 31 heavy (non-hydrogen) atoms. The van der Waals surface area contributed by atoms with Gasteiger partial charge >= 0.3 is 0 Å². The molecule has 5 rings (SSSR count). The summed E-state index contributed by atoms with van der Waals surface area (Å²) in [6.45, 7) is 4.32. The van der Waals surface area contributed by atoms with Crippen molar-refractivity contribution in [3.05, 3.63) is 83.4 Å². The Labute approximate surface area is 190 Å². The Morgan fingerprint density at radius 2 is 1.81 bits per heavy atom. The van der Waals surface area contributed by atoms with E-state index < -0.39 is 0 Å². The highest BCUT2D eigenvalue weighted by Gasteiger charge is 2.42. The molecule has 2 atom stereocenters. The number of nitrogens with zero attached hydrogens (tertiary/aromatic N) is 3. The van der Waals surface area contributed by atoms with E-state index in [4.69, 9.17) is 17.2 Å². The van der Waals surface area contributed by atoms with Crippen molar-refractivity contribution in [1.82, 2.24) is 14.9 Å². The van der Waals surface area contributed by atoms with E-state index >= 15 is 0 Å². The molecular weight excluding hydrogens is 400 g/mol. The van der Waals surface area contributed by atoms with Crippen molar-refractivity contribution >= 4 is 23.0 Å². The fourth-order valence-corrected chi connectivity index (χ4v) is 5.50. The number of nitrogens with one attached hydrogen (secondary N) is 1. The van der Waals surface area contributed by atoms with Crippen LogP contribution in [-0.2, 0) is 0 Å². The summed E-state index contributed by atoms with van der Waals surface area (Å²) in [6, 6.07) is 17.9. The molecule has 1 aromatic carbocycles. The first-order valence-electron chi connectivity index (χ1n) is 11.4. The lowest BCUT2D eigenvalue weighted by molar-refractivity contribution is 0.340. The topological polar surface area (TPSA) is 33.1 Å². The zero-order valence-corrected chi connectivity index (χ0v) is 19.1. The molecule has 1 aliphatic carbocycles. The lowest BCUT2D eigenvalue weighted by Crippen LogP contribution is -2.31. The van der Waals surface area contributed by atoms with Gasteiger partial charge in [0.05, 0.1) is 11.7 Å². The van der Waals surface area contributed by atoms with Crippen molar-refractivity contribution in [2.75, 3.05) is 4.90 Å². The summed E-state index contributed by atoms with van der Waals surface area (Å²) < 4.78 is 2.52. The van der Waals surface area contributed by atoms with Gasteiger partial charge in [-0.25, -0.2) is 0 Å². The second kappa shape index (κ2) is 8.46. The molecule has 0 amide bonds. The highest BCUT2D eigenvalue weighted by Crippen LogP contribution is 2.43. The van der Waals surface area contributed by atoms with Crippen molar-refractivity contribution in [3.8, 4) is 0 Å². The molecule has 0 spiro atoms. The van der Waals surface area contributed by atoms with E-state index in [1.165, 1.54) is 48.9 Å². The number of thiocarbonyl (C=S) groups is 1. The van der Waals surface area contributed by atoms with Crippen LogP contribution in [0.25, 0.3) is 0 Å². The predicted molar refractivity (Wildman–Crippen MR) is 130 cm³/mol. The van der Waals surface area contributed by atoms with Crippen molar-refractivity contribution in [2.24, 2.45) is 0 Å². The van der Waals surface area contributed by atoms with Crippen LogP contribution in [0.4, 0.5) is 5.69 Å². The number of aromatic nitrogens is 2. The molecule has 5 heteroatoms. The first-order valence-corrected chi connectivity index (χ1v) is 11.8. The molecule has 2 aromatic heterocycles. The summed E-state index contributed by atoms with van der Waals surface area (Å²) in [4.78, 5) is 7.00. The standard InChI is InChI=1S/C26H30N4S/c1-18-13-14-21(17-19(18)2)30-25(24(28-26(30)31)22-11-6-7-15-27-22)23-12-8-16-29(23)20-9-4-3-5-10-20/h6-8,11-17,20,24-25H,3-5,9-10H2,1-2H3,(H,28,31). The molecule has 3 aromatic rings. The van der Waals surface area contributed by atoms with E-state index in [-0.39, 0.29) is 12.1 Å². The van der Waals surface area contributed by atoms with Crippen LogP contribution in [0.5, 0.6) is 0 Å². The summed E-state index contributed by atoms with van der Waals surface area (Å²) >= 11 is 5.90. The van der Waals surface area contributed by atoms with Crippen molar-refractivity contribution < 1.29 is 0 Å². The van der Waals surface area contributed by atoms with E-state index in [9.17, 15) is 0 Å². The smallest absolute Gasteiger partial charge is 0.174 e. The van der Waals surface area contributed by atoms with Crippen LogP contribution in [-0.4, -0.2) is 14.7 Å². The monoisotopic (exact) mass is 430 g/mol. The summed E-state index contributed by atoms with van der Waals surface area (Å²) in [5, 5.41) is 4.37. The van der Waals surface area contributed by atoms with Crippen LogP contribution < -0.4 is 10.2 Å². The Kier molecular flexibility index (Phi) is 5.53. The van der Waals surface area contributed by atoms with Crippen LogP contribution >= 0.6 is 12.2 Å². The fraction of sp³-hybridized carbons (Fsp3) is 0.385. The average Bonchev–Trinajstić information content (AvgIpc) is 3.41. The summed E-state index contributed by atoms with van der Waals surface area (Å²) in [5.74, 6) is 0. The SMILES string of the molecule is Cc1ccc(N2C(=S)NC(c3ccccn3)C2c2cccn2C2CCCCC2)cc1C. The van der Waals surface area contributed by atoms with Gasteiger partial charge in [0.2, 0.25) is 0 Å². The Morgan fingerprint density at radius 3 is 2.55 bits per heavy atom. The highest BCUT2D eigenvalue weighted by atomic mass is 32.1. The van der Waals surface area contributed by atoms with Crippen LogP contribution in [0, 0.1) is 13.8 Å². The Hall–Kier alpha value is -2.66. The fourth-order valence-electron chi connectivity index (χ4n) is 5.16. The van der Waals surface area contributed by atoms with E-state index in [0.717, 1.165) is 16.5 Å². The van der Waals surface area contributed by atoms with Crippen molar-refractivity contribution in [1.29, 1.82) is 0 Å².